The van der Waals surface area contributed by atoms with Crippen molar-refractivity contribution in [1.29, 1.82) is 0 Å². The van der Waals surface area contributed by atoms with Crippen molar-refractivity contribution in [3.63, 3.8) is 0 Å². The Labute approximate surface area is 104 Å². The molecule has 1 nitrogen and oxygen atoms in total. The largest absolute Gasteiger partial charge is 0.310 e. The Kier molecular flexibility index (Phi) is 5.30. The Balaban J connectivity index is 2.96. The zero-order valence-electron chi connectivity index (χ0n) is 10.7. The van der Waals surface area contributed by atoms with E-state index < -0.39 is 0 Å². The molecular formula is C14H22ClN. The van der Waals surface area contributed by atoms with Crippen LogP contribution in [0.25, 0.3) is 0 Å². The van der Waals surface area contributed by atoms with Crippen molar-refractivity contribution in [1.82, 2.24) is 5.32 Å². The van der Waals surface area contributed by atoms with Gasteiger partial charge in [-0.2, -0.15) is 0 Å². The van der Waals surface area contributed by atoms with Crippen LogP contribution in [0, 0.1) is 12.8 Å². The van der Waals surface area contributed by atoms with Gasteiger partial charge in [0.2, 0.25) is 0 Å². The Bertz CT molecular complexity index is 334. The van der Waals surface area contributed by atoms with E-state index in [-0.39, 0.29) is 0 Å². The molecule has 0 aliphatic heterocycles. The third kappa shape index (κ3) is 3.50. The summed E-state index contributed by atoms with van der Waals surface area (Å²) in [7, 11) is 0. The van der Waals surface area contributed by atoms with Crippen LogP contribution in [-0.4, -0.2) is 6.54 Å². The fourth-order valence-electron chi connectivity index (χ4n) is 1.98. The molecule has 0 spiro atoms. The summed E-state index contributed by atoms with van der Waals surface area (Å²) in [5, 5.41) is 4.43. The lowest BCUT2D eigenvalue weighted by Gasteiger charge is -2.22. The molecule has 0 aliphatic rings. The summed E-state index contributed by atoms with van der Waals surface area (Å²) in [6, 6.07) is 6.65. The molecule has 1 N–H and O–H groups in total. The number of hydrogen-bond donors (Lipinski definition) is 1. The quantitative estimate of drug-likeness (QED) is 0.806. The van der Waals surface area contributed by atoms with Crippen LogP contribution in [0.1, 0.15) is 44.4 Å². The summed E-state index contributed by atoms with van der Waals surface area (Å²) in [6.45, 7) is 9.66. The third-order valence-electron chi connectivity index (χ3n) is 2.75. The summed E-state index contributed by atoms with van der Waals surface area (Å²) in [5.74, 6) is 0.667. The number of aryl methyl sites for hydroxylation is 1. The molecule has 2 heteroatoms. The van der Waals surface area contributed by atoms with Crippen LogP contribution in [0.2, 0.25) is 5.02 Å². The van der Waals surface area contributed by atoms with E-state index >= 15 is 0 Å². The fourth-order valence-corrected chi connectivity index (χ4v) is 2.23. The molecule has 1 aromatic carbocycles. The van der Waals surface area contributed by atoms with Crippen molar-refractivity contribution in [2.24, 2.45) is 5.92 Å². The zero-order valence-corrected chi connectivity index (χ0v) is 11.4. The maximum atomic E-state index is 6.37. The molecule has 0 aromatic heterocycles. The molecule has 1 atom stereocenters. The Hall–Kier alpha value is -0.530. The lowest BCUT2D eigenvalue weighted by atomic mass is 9.96. The van der Waals surface area contributed by atoms with Crippen LogP contribution in [0.4, 0.5) is 0 Å². The fraction of sp³-hybridized carbons (Fsp3) is 0.571. The highest BCUT2D eigenvalue weighted by molar-refractivity contribution is 6.32. The van der Waals surface area contributed by atoms with Gasteiger partial charge < -0.3 is 5.32 Å². The van der Waals surface area contributed by atoms with Gasteiger partial charge in [0.25, 0.3) is 0 Å². The van der Waals surface area contributed by atoms with Crippen molar-refractivity contribution < 1.29 is 0 Å². The summed E-state index contributed by atoms with van der Waals surface area (Å²) in [5.41, 5.74) is 2.39. The Morgan fingerprint density at radius 3 is 2.56 bits per heavy atom. The lowest BCUT2D eigenvalue weighted by Crippen LogP contribution is -2.22. The van der Waals surface area contributed by atoms with Crippen LogP contribution < -0.4 is 5.32 Å². The van der Waals surface area contributed by atoms with Crippen LogP contribution in [-0.2, 0) is 0 Å². The molecule has 0 radical (unpaired) electrons. The van der Waals surface area contributed by atoms with Crippen LogP contribution >= 0.6 is 11.6 Å². The van der Waals surface area contributed by atoms with E-state index in [0.29, 0.717) is 12.0 Å². The molecule has 0 bridgehead atoms. The van der Waals surface area contributed by atoms with E-state index in [4.69, 9.17) is 11.6 Å². The average molecular weight is 240 g/mol. The molecule has 0 fully saturated rings. The average Bonchev–Trinajstić information content (AvgIpc) is 2.21. The van der Waals surface area contributed by atoms with E-state index in [1.54, 1.807) is 0 Å². The van der Waals surface area contributed by atoms with E-state index in [2.05, 4.69) is 51.2 Å². The first-order chi connectivity index (χ1) is 7.56. The van der Waals surface area contributed by atoms with Crippen molar-refractivity contribution >= 4 is 11.6 Å². The predicted molar refractivity (Wildman–Crippen MR) is 72.1 cm³/mol. The molecule has 1 aromatic rings. The second-order valence-corrected chi connectivity index (χ2v) is 5.10. The minimum atomic E-state index is 0.373. The van der Waals surface area contributed by atoms with Gasteiger partial charge in [-0.3, -0.25) is 0 Å². The summed E-state index contributed by atoms with van der Waals surface area (Å²) in [4.78, 5) is 0. The van der Waals surface area contributed by atoms with Crippen LogP contribution in [0.3, 0.4) is 0 Å². The first-order valence-corrected chi connectivity index (χ1v) is 6.42. The molecule has 0 saturated carbocycles. The maximum absolute atomic E-state index is 6.37. The van der Waals surface area contributed by atoms with Gasteiger partial charge in [-0.15, -0.1) is 0 Å². The second kappa shape index (κ2) is 6.27. The summed E-state index contributed by atoms with van der Waals surface area (Å²) >= 11 is 6.37. The second-order valence-electron chi connectivity index (χ2n) is 4.72. The minimum Gasteiger partial charge on any atom is -0.310 e. The standard InChI is InChI=1S/C14H22ClN/c1-5-16-13(9-10(2)3)12-8-6-7-11(4)14(12)15/h6-8,10,13,16H,5,9H2,1-4H3. The third-order valence-corrected chi connectivity index (χ3v) is 3.27. The van der Waals surface area contributed by atoms with E-state index in [1.807, 2.05) is 0 Å². The summed E-state index contributed by atoms with van der Waals surface area (Å²) < 4.78 is 0. The predicted octanol–water partition coefficient (Wildman–Crippen LogP) is 4.35. The van der Waals surface area contributed by atoms with E-state index in [9.17, 15) is 0 Å². The molecule has 1 unspecified atom stereocenters. The van der Waals surface area contributed by atoms with Crippen molar-refractivity contribution in [3.05, 3.63) is 34.3 Å². The summed E-state index contributed by atoms with van der Waals surface area (Å²) in [6.07, 6.45) is 1.12. The molecule has 1 rings (SSSR count). The highest BCUT2D eigenvalue weighted by atomic mass is 35.5. The number of nitrogens with one attached hydrogen (secondary N) is 1. The first-order valence-electron chi connectivity index (χ1n) is 6.04. The number of rotatable bonds is 5. The van der Waals surface area contributed by atoms with Gasteiger partial charge in [-0.25, -0.2) is 0 Å². The Morgan fingerprint density at radius 2 is 2.00 bits per heavy atom. The van der Waals surface area contributed by atoms with Gasteiger partial charge in [-0.05, 0) is 36.9 Å². The monoisotopic (exact) mass is 239 g/mol. The molecule has 0 aliphatic carbocycles. The smallest absolute Gasteiger partial charge is 0.0482 e. The Morgan fingerprint density at radius 1 is 1.31 bits per heavy atom. The van der Waals surface area contributed by atoms with Crippen LogP contribution in [0.5, 0.6) is 0 Å². The van der Waals surface area contributed by atoms with Crippen molar-refractivity contribution in [2.45, 2.75) is 40.2 Å². The molecular weight excluding hydrogens is 218 g/mol. The normalized spacial score (nSPS) is 13.1. The maximum Gasteiger partial charge on any atom is 0.0482 e. The first kappa shape index (κ1) is 13.5. The van der Waals surface area contributed by atoms with Gasteiger partial charge in [0.15, 0.2) is 0 Å². The molecule has 90 valence electrons. The van der Waals surface area contributed by atoms with Crippen molar-refractivity contribution in [3.8, 4) is 0 Å². The van der Waals surface area contributed by atoms with E-state index in [0.717, 1.165) is 23.6 Å². The molecule has 0 saturated heterocycles. The van der Waals surface area contributed by atoms with Crippen molar-refractivity contribution in [2.75, 3.05) is 6.54 Å². The zero-order chi connectivity index (χ0) is 12.1. The van der Waals surface area contributed by atoms with Gasteiger partial charge in [0.05, 0.1) is 0 Å². The van der Waals surface area contributed by atoms with Crippen LogP contribution in [0.15, 0.2) is 18.2 Å². The number of halogens is 1. The van der Waals surface area contributed by atoms with Gasteiger partial charge >= 0.3 is 0 Å². The number of hydrogen-bond acceptors (Lipinski definition) is 1. The van der Waals surface area contributed by atoms with Gasteiger partial charge in [-0.1, -0.05) is 50.6 Å². The molecule has 0 amide bonds. The van der Waals surface area contributed by atoms with Gasteiger partial charge in [0, 0.05) is 11.1 Å². The topological polar surface area (TPSA) is 12.0 Å². The SMILES string of the molecule is CCNC(CC(C)C)c1cccc(C)c1Cl. The molecule has 16 heavy (non-hydrogen) atoms. The highest BCUT2D eigenvalue weighted by Crippen LogP contribution is 2.29. The van der Waals surface area contributed by atoms with E-state index in [1.165, 1.54) is 5.56 Å². The number of benzene rings is 1. The van der Waals surface area contributed by atoms with Gasteiger partial charge in [0.1, 0.15) is 0 Å². The lowest BCUT2D eigenvalue weighted by molar-refractivity contribution is 0.438. The highest BCUT2D eigenvalue weighted by Gasteiger charge is 2.15. The molecule has 0 heterocycles. The minimum absolute atomic E-state index is 0.373.